The molecule has 190 valence electrons. The van der Waals surface area contributed by atoms with Gasteiger partial charge in [0, 0.05) is 18.9 Å². The van der Waals surface area contributed by atoms with Crippen LogP contribution in [0.3, 0.4) is 0 Å². The lowest BCUT2D eigenvalue weighted by atomic mass is 9.43. The quantitative estimate of drug-likeness (QED) is 0.436. The van der Waals surface area contributed by atoms with Crippen molar-refractivity contribution in [3.05, 3.63) is 0 Å². The Morgan fingerprint density at radius 2 is 1.67 bits per heavy atom. The van der Waals surface area contributed by atoms with Crippen molar-refractivity contribution >= 4 is 0 Å². The molecule has 4 aliphatic carbocycles. The Hall–Kier alpha value is -0.240. The summed E-state index contributed by atoms with van der Waals surface area (Å²) in [4.78, 5) is 0. The predicted molar refractivity (Wildman–Crippen MR) is 124 cm³/mol. The highest BCUT2D eigenvalue weighted by molar-refractivity contribution is 5.16. The van der Waals surface area contributed by atoms with E-state index in [1.54, 1.807) is 0 Å². The van der Waals surface area contributed by atoms with Gasteiger partial charge >= 0.3 is 0 Å². The number of ether oxygens (including phenoxy) is 1. The Morgan fingerprint density at radius 3 is 2.36 bits per heavy atom. The van der Waals surface area contributed by atoms with Crippen LogP contribution >= 0.6 is 0 Å². The fourth-order valence-electron chi connectivity index (χ4n) is 9.85. The summed E-state index contributed by atoms with van der Waals surface area (Å²) in [6.45, 7) is 8.95. The zero-order valence-electron chi connectivity index (χ0n) is 20.9. The van der Waals surface area contributed by atoms with E-state index in [1.807, 2.05) is 6.92 Å². The molecule has 4 saturated carbocycles. The lowest BCUT2D eigenvalue weighted by Gasteiger charge is -2.62. The molecule has 0 radical (unpaired) electrons. The smallest absolute Gasteiger partial charge is 0.168 e. The maximum absolute atomic E-state index is 11.4. The molecule has 0 aromatic carbocycles. The van der Waals surface area contributed by atoms with Crippen molar-refractivity contribution in [2.75, 3.05) is 6.61 Å². The third kappa shape index (κ3) is 3.49. The molecule has 0 amide bonds. The summed E-state index contributed by atoms with van der Waals surface area (Å²) in [7, 11) is 0. The molecule has 1 unspecified atom stereocenters. The van der Waals surface area contributed by atoms with E-state index in [2.05, 4.69) is 20.8 Å². The van der Waals surface area contributed by atoms with Crippen LogP contribution in [0.25, 0.3) is 0 Å². The van der Waals surface area contributed by atoms with Gasteiger partial charge in [-0.15, -0.1) is 0 Å². The third-order valence-corrected chi connectivity index (χ3v) is 11.7. The molecule has 5 aliphatic rings. The van der Waals surface area contributed by atoms with Gasteiger partial charge in [-0.1, -0.05) is 27.7 Å². The van der Waals surface area contributed by atoms with Crippen molar-refractivity contribution in [3.63, 3.8) is 0 Å². The first-order chi connectivity index (χ1) is 15.4. The Morgan fingerprint density at radius 1 is 0.939 bits per heavy atom. The molecule has 1 saturated heterocycles. The van der Waals surface area contributed by atoms with Crippen LogP contribution in [0.4, 0.5) is 0 Å². The zero-order chi connectivity index (χ0) is 23.9. The number of aliphatic hydroxyl groups is 5. The minimum Gasteiger partial charge on any atom is -0.396 e. The van der Waals surface area contributed by atoms with Gasteiger partial charge in [-0.25, -0.2) is 0 Å². The number of rotatable bonds is 4. The normalized spacial score (nSPS) is 58.8. The van der Waals surface area contributed by atoms with Crippen LogP contribution in [0.2, 0.25) is 0 Å². The fraction of sp³-hybridized carbons (Fsp3) is 1.00. The second-order valence-corrected chi connectivity index (χ2v) is 13.3. The van der Waals surface area contributed by atoms with Crippen LogP contribution in [-0.4, -0.2) is 62.3 Å². The average Bonchev–Trinajstić information content (AvgIpc) is 3.18. The van der Waals surface area contributed by atoms with Crippen molar-refractivity contribution in [2.45, 2.75) is 109 Å². The van der Waals surface area contributed by atoms with Gasteiger partial charge < -0.3 is 30.3 Å². The zero-order valence-corrected chi connectivity index (χ0v) is 20.9. The van der Waals surface area contributed by atoms with Crippen LogP contribution in [0.5, 0.6) is 0 Å². The Bertz CT molecular complexity index is 746. The average molecular weight is 467 g/mol. The van der Waals surface area contributed by atoms with E-state index in [1.165, 1.54) is 0 Å². The molecule has 33 heavy (non-hydrogen) atoms. The van der Waals surface area contributed by atoms with Crippen molar-refractivity contribution in [1.82, 2.24) is 0 Å². The summed E-state index contributed by atoms with van der Waals surface area (Å²) in [5.74, 6) is 0.739. The summed E-state index contributed by atoms with van der Waals surface area (Å²) in [5, 5.41) is 52.9. The Kier molecular flexibility index (Phi) is 6.03. The molecule has 0 aromatic heterocycles. The number of aliphatic hydroxyl groups excluding tert-OH is 4. The van der Waals surface area contributed by atoms with Gasteiger partial charge in [0.25, 0.3) is 0 Å². The molecule has 5 rings (SSSR count). The minimum atomic E-state index is -1.11. The number of hydrogen-bond acceptors (Lipinski definition) is 6. The molecule has 5 fully saturated rings. The Balaban J connectivity index is 1.38. The summed E-state index contributed by atoms with van der Waals surface area (Å²) in [6, 6.07) is 0. The van der Waals surface area contributed by atoms with Crippen LogP contribution in [0, 0.1) is 52.3 Å². The van der Waals surface area contributed by atoms with Gasteiger partial charge in [-0.3, -0.25) is 0 Å². The van der Waals surface area contributed by atoms with E-state index in [4.69, 9.17) is 4.74 Å². The summed E-state index contributed by atoms with van der Waals surface area (Å²) >= 11 is 0. The molecular weight excluding hydrogens is 420 g/mol. The van der Waals surface area contributed by atoms with Crippen LogP contribution in [0.15, 0.2) is 0 Å². The second-order valence-electron chi connectivity index (χ2n) is 13.3. The van der Waals surface area contributed by atoms with Gasteiger partial charge in [0.1, 0.15) is 0 Å². The highest BCUT2D eigenvalue weighted by Gasteiger charge is 2.69. The van der Waals surface area contributed by atoms with E-state index in [-0.39, 0.29) is 41.3 Å². The van der Waals surface area contributed by atoms with E-state index >= 15 is 0 Å². The van der Waals surface area contributed by atoms with E-state index < -0.39 is 24.1 Å². The molecule has 0 spiro atoms. The van der Waals surface area contributed by atoms with E-state index in [9.17, 15) is 25.5 Å². The molecule has 14 atom stereocenters. The molecule has 6 heteroatoms. The van der Waals surface area contributed by atoms with Crippen molar-refractivity contribution in [3.8, 4) is 0 Å². The van der Waals surface area contributed by atoms with Crippen LogP contribution in [0.1, 0.15) is 79.1 Å². The monoisotopic (exact) mass is 466 g/mol. The topological polar surface area (TPSA) is 110 Å². The van der Waals surface area contributed by atoms with Crippen molar-refractivity contribution in [1.29, 1.82) is 0 Å². The molecular formula is C27H46O6. The first-order valence-electron chi connectivity index (χ1n) is 13.5. The summed E-state index contributed by atoms with van der Waals surface area (Å²) in [5.41, 5.74) is -0.0678. The first-order valence-corrected chi connectivity index (χ1v) is 13.5. The highest BCUT2D eigenvalue weighted by atomic mass is 16.6. The second kappa shape index (κ2) is 8.14. The fourth-order valence-corrected chi connectivity index (χ4v) is 9.85. The SMILES string of the molecule is C[C@@H](CO)CC[C@@]1(O)O[C@H]2C[C@H]3[C@@H]4C[C@@H](O)C5C[C@@H](O)[C@H](O)C[C@]5(C)[C@H]4CC[C@]3(C)[C@H]2[C@@H]1C. The highest BCUT2D eigenvalue weighted by Crippen LogP contribution is 2.70. The summed E-state index contributed by atoms with van der Waals surface area (Å²) < 4.78 is 6.44. The van der Waals surface area contributed by atoms with Gasteiger partial charge in [0.15, 0.2) is 5.79 Å². The van der Waals surface area contributed by atoms with E-state index in [0.29, 0.717) is 42.9 Å². The van der Waals surface area contributed by atoms with Crippen LogP contribution in [-0.2, 0) is 4.74 Å². The first kappa shape index (κ1) is 24.5. The lowest BCUT2D eigenvalue weighted by Crippen LogP contribution is -2.60. The largest absolute Gasteiger partial charge is 0.396 e. The lowest BCUT2D eigenvalue weighted by molar-refractivity contribution is -0.226. The Labute approximate surface area is 198 Å². The minimum absolute atomic E-state index is 0.0449. The molecule has 0 aromatic rings. The third-order valence-electron chi connectivity index (χ3n) is 11.7. The molecule has 5 N–H and O–H groups in total. The van der Waals surface area contributed by atoms with Gasteiger partial charge in [-0.2, -0.15) is 0 Å². The summed E-state index contributed by atoms with van der Waals surface area (Å²) in [6.07, 6.45) is 4.45. The van der Waals surface area contributed by atoms with Crippen LogP contribution < -0.4 is 0 Å². The van der Waals surface area contributed by atoms with Crippen molar-refractivity contribution in [2.24, 2.45) is 52.3 Å². The van der Waals surface area contributed by atoms with Gasteiger partial charge in [0.05, 0.1) is 24.4 Å². The standard InChI is InChI=1S/C27H46O6/c1-14(13-28)5-8-27(32)15(2)24-23(33-27)11-18-16-9-20(29)19-10-21(30)22(31)12-26(19,4)17(16)6-7-25(18,24)3/h14-24,28-32H,5-13H2,1-4H3/t14-,15+,16-,17+,18+,19?,20-,21-,22-,23+,24+,25+,26-,27-/m1/s1. The van der Waals surface area contributed by atoms with Crippen molar-refractivity contribution < 1.29 is 30.3 Å². The molecule has 1 heterocycles. The molecule has 6 nitrogen and oxygen atoms in total. The maximum Gasteiger partial charge on any atom is 0.168 e. The predicted octanol–water partition coefficient (Wildman–Crippen LogP) is 2.69. The number of fused-ring (bicyclic) bond motifs is 7. The van der Waals surface area contributed by atoms with E-state index in [0.717, 1.165) is 32.1 Å². The molecule has 1 aliphatic heterocycles. The van der Waals surface area contributed by atoms with Gasteiger partial charge in [-0.05, 0) is 91.3 Å². The number of hydrogen-bond donors (Lipinski definition) is 5. The molecule has 0 bridgehead atoms. The maximum atomic E-state index is 11.4. The van der Waals surface area contributed by atoms with Gasteiger partial charge in [0.2, 0.25) is 0 Å².